The van der Waals surface area contributed by atoms with Crippen LogP contribution in [0.3, 0.4) is 0 Å². The highest BCUT2D eigenvalue weighted by atomic mass is 35.5. The number of aliphatic carboxylic acids is 1. The summed E-state index contributed by atoms with van der Waals surface area (Å²) in [5.41, 5.74) is 8.15. The van der Waals surface area contributed by atoms with Crippen molar-refractivity contribution in [1.29, 1.82) is 0 Å². The molecule has 1 atom stereocenters. The topological polar surface area (TPSA) is 68.2 Å². The highest BCUT2D eigenvalue weighted by Crippen LogP contribution is 2.36. The quantitative estimate of drug-likeness (QED) is 0.907. The Morgan fingerprint density at radius 2 is 2.05 bits per heavy atom. The van der Waals surface area contributed by atoms with E-state index < -0.39 is 12.0 Å². The highest BCUT2D eigenvalue weighted by molar-refractivity contribution is 6.35. The van der Waals surface area contributed by atoms with E-state index in [-0.39, 0.29) is 6.04 Å². The van der Waals surface area contributed by atoms with Crippen molar-refractivity contribution in [3.8, 4) is 0 Å². The van der Waals surface area contributed by atoms with Gasteiger partial charge in [-0.1, -0.05) is 23.7 Å². The summed E-state index contributed by atoms with van der Waals surface area (Å²) in [6.45, 7) is 5.95. The number of hydrogen-bond donors (Lipinski definition) is 2. The summed E-state index contributed by atoms with van der Waals surface area (Å²) in [5, 5.41) is 10.6. The summed E-state index contributed by atoms with van der Waals surface area (Å²) in [5.74, 6) is -1.04. The largest absolute Gasteiger partial charge is 0.480 e. The summed E-state index contributed by atoms with van der Waals surface area (Å²) in [6, 6.07) is 4.62. The lowest BCUT2D eigenvalue weighted by molar-refractivity contribution is -0.138. The van der Waals surface area contributed by atoms with Crippen molar-refractivity contribution in [2.75, 3.05) is 0 Å². The fourth-order valence-electron chi connectivity index (χ4n) is 2.63. The molecule has 102 valence electrons. The van der Waals surface area contributed by atoms with Crippen LogP contribution in [0.25, 0.3) is 10.9 Å². The van der Waals surface area contributed by atoms with Gasteiger partial charge in [-0.15, -0.1) is 0 Å². The van der Waals surface area contributed by atoms with E-state index >= 15 is 0 Å². The van der Waals surface area contributed by atoms with Gasteiger partial charge in [-0.25, -0.2) is 0 Å². The van der Waals surface area contributed by atoms with Gasteiger partial charge in [0.2, 0.25) is 0 Å². The Balaban J connectivity index is 2.89. The van der Waals surface area contributed by atoms with E-state index in [9.17, 15) is 4.79 Å². The molecule has 19 heavy (non-hydrogen) atoms. The van der Waals surface area contributed by atoms with Crippen LogP contribution in [0.4, 0.5) is 0 Å². The molecule has 3 N–H and O–H groups in total. The second kappa shape index (κ2) is 4.87. The molecule has 0 aliphatic carbocycles. The van der Waals surface area contributed by atoms with E-state index in [4.69, 9.17) is 22.4 Å². The predicted molar refractivity (Wildman–Crippen MR) is 76.6 cm³/mol. The Morgan fingerprint density at radius 1 is 1.42 bits per heavy atom. The first-order chi connectivity index (χ1) is 8.86. The number of carbonyl (C=O) groups is 1. The fraction of sp³-hybridized carbons (Fsp3) is 0.357. The summed E-state index contributed by atoms with van der Waals surface area (Å²) >= 11 is 6.27. The number of benzene rings is 1. The number of carboxylic acid groups (broad SMARTS) is 1. The molecule has 2 aromatic rings. The van der Waals surface area contributed by atoms with Gasteiger partial charge in [0, 0.05) is 22.7 Å². The first-order valence-electron chi connectivity index (χ1n) is 6.13. The Bertz CT molecular complexity index is 646. The molecule has 1 aromatic carbocycles. The van der Waals surface area contributed by atoms with Crippen molar-refractivity contribution < 1.29 is 9.90 Å². The van der Waals surface area contributed by atoms with Crippen LogP contribution in [0.1, 0.15) is 37.2 Å². The molecule has 1 aromatic heterocycles. The minimum atomic E-state index is -1.04. The van der Waals surface area contributed by atoms with Gasteiger partial charge in [-0.2, -0.15) is 0 Å². The maximum Gasteiger partial charge on any atom is 0.325 e. The number of hydrogen-bond acceptors (Lipinski definition) is 2. The third-order valence-corrected chi connectivity index (χ3v) is 3.67. The van der Waals surface area contributed by atoms with Gasteiger partial charge in [-0.3, -0.25) is 4.79 Å². The second-order valence-corrected chi connectivity index (χ2v) is 5.32. The van der Waals surface area contributed by atoms with Gasteiger partial charge < -0.3 is 15.4 Å². The minimum Gasteiger partial charge on any atom is -0.480 e. The Labute approximate surface area is 116 Å². The SMILES string of the molecule is Cc1c(C(N)C(=O)O)c2cccc(Cl)c2n1C(C)C. The van der Waals surface area contributed by atoms with E-state index in [0.29, 0.717) is 10.6 Å². The van der Waals surface area contributed by atoms with Gasteiger partial charge in [0.15, 0.2) is 0 Å². The molecule has 0 bridgehead atoms. The maximum absolute atomic E-state index is 11.2. The molecule has 1 unspecified atom stereocenters. The molecule has 0 amide bonds. The first kappa shape index (κ1) is 13.9. The molecule has 0 saturated heterocycles. The summed E-state index contributed by atoms with van der Waals surface area (Å²) in [6.07, 6.45) is 0. The van der Waals surface area contributed by atoms with Crippen molar-refractivity contribution in [3.05, 3.63) is 34.5 Å². The van der Waals surface area contributed by atoms with Crippen LogP contribution in [0.2, 0.25) is 5.02 Å². The lowest BCUT2D eigenvalue weighted by Gasteiger charge is -2.14. The predicted octanol–water partition coefficient (Wildman–Crippen LogP) is 3.27. The van der Waals surface area contributed by atoms with Gasteiger partial charge in [0.1, 0.15) is 6.04 Å². The summed E-state index contributed by atoms with van der Waals surface area (Å²) in [7, 11) is 0. The highest BCUT2D eigenvalue weighted by Gasteiger charge is 2.25. The average Bonchev–Trinajstić information content (AvgIpc) is 2.62. The molecule has 0 spiro atoms. The average molecular weight is 281 g/mol. The molecule has 0 aliphatic rings. The summed E-state index contributed by atoms with van der Waals surface area (Å²) in [4.78, 5) is 11.2. The Kier molecular flexibility index (Phi) is 3.56. The zero-order chi connectivity index (χ0) is 14.3. The first-order valence-corrected chi connectivity index (χ1v) is 6.51. The molecule has 5 heteroatoms. The van der Waals surface area contributed by atoms with Crippen molar-refractivity contribution in [2.45, 2.75) is 32.9 Å². The number of fused-ring (bicyclic) bond motifs is 1. The normalized spacial score (nSPS) is 13.2. The van der Waals surface area contributed by atoms with Crippen LogP contribution < -0.4 is 5.73 Å². The van der Waals surface area contributed by atoms with Crippen molar-refractivity contribution in [1.82, 2.24) is 4.57 Å². The third-order valence-electron chi connectivity index (χ3n) is 3.36. The smallest absolute Gasteiger partial charge is 0.325 e. The molecular formula is C14H17ClN2O2. The number of para-hydroxylation sites is 1. The molecule has 0 radical (unpaired) electrons. The van der Waals surface area contributed by atoms with Crippen LogP contribution in [0.5, 0.6) is 0 Å². The van der Waals surface area contributed by atoms with Crippen molar-refractivity contribution in [3.63, 3.8) is 0 Å². The lowest BCUT2D eigenvalue weighted by Crippen LogP contribution is -2.21. The van der Waals surface area contributed by atoms with Crippen LogP contribution in [-0.2, 0) is 4.79 Å². The molecule has 0 fully saturated rings. The number of halogens is 1. The minimum absolute atomic E-state index is 0.178. The Morgan fingerprint density at radius 3 is 2.58 bits per heavy atom. The van der Waals surface area contributed by atoms with Crippen LogP contribution in [0.15, 0.2) is 18.2 Å². The maximum atomic E-state index is 11.2. The fourth-order valence-corrected chi connectivity index (χ4v) is 2.90. The zero-order valence-electron chi connectivity index (χ0n) is 11.1. The van der Waals surface area contributed by atoms with Gasteiger partial charge in [0.25, 0.3) is 0 Å². The van der Waals surface area contributed by atoms with E-state index in [1.807, 2.05) is 37.5 Å². The van der Waals surface area contributed by atoms with Crippen LogP contribution in [0, 0.1) is 6.92 Å². The number of nitrogens with two attached hydrogens (primary N) is 1. The van der Waals surface area contributed by atoms with E-state index in [0.717, 1.165) is 16.6 Å². The monoisotopic (exact) mass is 280 g/mol. The number of rotatable bonds is 3. The number of aromatic nitrogens is 1. The Hall–Kier alpha value is -1.52. The zero-order valence-corrected chi connectivity index (χ0v) is 11.9. The molecule has 1 heterocycles. The molecule has 0 saturated carbocycles. The summed E-state index contributed by atoms with van der Waals surface area (Å²) < 4.78 is 2.04. The molecule has 4 nitrogen and oxygen atoms in total. The molecular weight excluding hydrogens is 264 g/mol. The van der Waals surface area contributed by atoms with E-state index in [1.165, 1.54) is 0 Å². The molecule has 0 aliphatic heterocycles. The van der Waals surface area contributed by atoms with Gasteiger partial charge >= 0.3 is 5.97 Å². The van der Waals surface area contributed by atoms with E-state index in [2.05, 4.69) is 0 Å². The van der Waals surface area contributed by atoms with Gasteiger partial charge in [0.05, 0.1) is 10.5 Å². The lowest BCUT2D eigenvalue weighted by atomic mass is 10.0. The van der Waals surface area contributed by atoms with Crippen molar-refractivity contribution >= 4 is 28.5 Å². The van der Waals surface area contributed by atoms with Crippen LogP contribution in [-0.4, -0.2) is 15.6 Å². The second-order valence-electron chi connectivity index (χ2n) is 4.91. The number of nitrogens with zero attached hydrogens (tertiary/aromatic N) is 1. The van der Waals surface area contributed by atoms with Crippen LogP contribution >= 0.6 is 11.6 Å². The van der Waals surface area contributed by atoms with Gasteiger partial charge in [-0.05, 0) is 26.8 Å². The van der Waals surface area contributed by atoms with Crippen molar-refractivity contribution in [2.24, 2.45) is 5.73 Å². The standard InChI is InChI=1S/C14H17ClN2O2/c1-7(2)17-8(3)11(12(16)14(18)19)9-5-4-6-10(15)13(9)17/h4-7,12H,16H2,1-3H3,(H,18,19). The number of carboxylic acids is 1. The van der Waals surface area contributed by atoms with E-state index in [1.54, 1.807) is 6.07 Å². The molecule has 2 rings (SSSR count). The third kappa shape index (κ3) is 2.11.